The molecule has 4 N–H and O–H groups in total. The molecule has 1 aromatic heterocycles. The summed E-state index contributed by atoms with van der Waals surface area (Å²) in [6.45, 7) is 4.92. The average molecular weight is 265 g/mol. The van der Waals surface area contributed by atoms with Crippen LogP contribution < -0.4 is 16.4 Å². The Hall–Kier alpha value is -1.72. The molecule has 2 rings (SSSR count). The van der Waals surface area contributed by atoms with Crippen molar-refractivity contribution < 1.29 is 4.79 Å². The summed E-state index contributed by atoms with van der Waals surface area (Å²) in [5.74, 6) is 0.801. The molecule has 0 spiro atoms. The molecule has 2 heterocycles. The van der Waals surface area contributed by atoms with Crippen molar-refractivity contribution in [1.82, 2.24) is 9.78 Å². The monoisotopic (exact) mass is 265 g/mol. The fourth-order valence-corrected chi connectivity index (χ4v) is 2.80. The van der Waals surface area contributed by atoms with E-state index < -0.39 is 0 Å². The van der Waals surface area contributed by atoms with E-state index in [-0.39, 0.29) is 17.9 Å². The van der Waals surface area contributed by atoms with Crippen LogP contribution in [0.5, 0.6) is 0 Å². The van der Waals surface area contributed by atoms with Crippen LogP contribution in [0.3, 0.4) is 0 Å². The highest BCUT2D eigenvalue weighted by molar-refractivity contribution is 5.85. The van der Waals surface area contributed by atoms with E-state index in [1.165, 1.54) is 0 Å². The van der Waals surface area contributed by atoms with E-state index in [0.29, 0.717) is 5.69 Å². The van der Waals surface area contributed by atoms with Gasteiger partial charge >= 0.3 is 0 Å². The van der Waals surface area contributed by atoms with E-state index >= 15 is 0 Å². The van der Waals surface area contributed by atoms with E-state index in [4.69, 9.17) is 11.5 Å². The number of carbonyl (C=O) groups excluding carboxylic acids is 1. The maximum absolute atomic E-state index is 11.6. The Balaban J connectivity index is 2.42. The van der Waals surface area contributed by atoms with Crippen LogP contribution in [0.2, 0.25) is 0 Å². The molecule has 0 bridgehead atoms. The van der Waals surface area contributed by atoms with E-state index in [0.717, 1.165) is 37.3 Å². The first-order chi connectivity index (χ1) is 8.93. The molecule has 6 heteroatoms. The van der Waals surface area contributed by atoms with Crippen molar-refractivity contribution in [1.29, 1.82) is 0 Å². The van der Waals surface area contributed by atoms with Crippen LogP contribution in [-0.2, 0) is 11.8 Å². The third-order valence-corrected chi connectivity index (χ3v) is 3.73. The molecule has 1 aliphatic heterocycles. The lowest BCUT2D eigenvalue weighted by molar-refractivity contribution is -0.119. The van der Waals surface area contributed by atoms with Crippen molar-refractivity contribution in [2.45, 2.75) is 45.1 Å². The predicted molar refractivity (Wildman–Crippen MR) is 75.9 cm³/mol. The van der Waals surface area contributed by atoms with Gasteiger partial charge in [-0.15, -0.1) is 0 Å². The van der Waals surface area contributed by atoms with Crippen LogP contribution in [0.15, 0.2) is 0 Å². The predicted octanol–water partition coefficient (Wildman–Crippen LogP) is 0.970. The van der Waals surface area contributed by atoms with Crippen LogP contribution in [-0.4, -0.2) is 28.3 Å². The second kappa shape index (κ2) is 5.11. The van der Waals surface area contributed by atoms with Gasteiger partial charge < -0.3 is 16.4 Å². The number of aromatic nitrogens is 2. The minimum Gasteiger partial charge on any atom is -0.394 e. The van der Waals surface area contributed by atoms with Crippen molar-refractivity contribution >= 4 is 17.4 Å². The summed E-state index contributed by atoms with van der Waals surface area (Å²) in [6, 6.07) is -0.272. The molecule has 0 aromatic carbocycles. The minimum atomic E-state index is -0.286. The van der Waals surface area contributed by atoms with Crippen LogP contribution in [0.1, 0.15) is 44.7 Å². The fraction of sp³-hybridized carbons (Fsp3) is 0.692. The molecule has 1 saturated heterocycles. The van der Waals surface area contributed by atoms with Gasteiger partial charge in [0.2, 0.25) is 5.91 Å². The number of rotatable bonds is 3. The maximum atomic E-state index is 11.6. The number of amides is 1. The molecule has 1 amide bonds. The molecule has 1 atom stereocenters. The van der Waals surface area contributed by atoms with Gasteiger partial charge in [0, 0.05) is 13.6 Å². The number of anilines is 2. The van der Waals surface area contributed by atoms with Gasteiger partial charge in [-0.25, -0.2) is 0 Å². The van der Waals surface area contributed by atoms with Gasteiger partial charge in [0.1, 0.15) is 6.04 Å². The normalized spacial score (nSPS) is 20.0. The number of hydrogen-bond acceptors (Lipinski definition) is 4. The fourth-order valence-electron chi connectivity index (χ4n) is 2.80. The average Bonchev–Trinajstić information content (AvgIpc) is 2.65. The van der Waals surface area contributed by atoms with Crippen molar-refractivity contribution in [3.8, 4) is 0 Å². The van der Waals surface area contributed by atoms with Gasteiger partial charge in [-0.2, -0.15) is 5.10 Å². The number of aryl methyl sites for hydroxylation is 1. The molecule has 1 aromatic rings. The van der Waals surface area contributed by atoms with Crippen molar-refractivity contribution in [2.75, 3.05) is 17.2 Å². The highest BCUT2D eigenvalue weighted by atomic mass is 16.1. The summed E-state index contributed by atoms with van der Waals surface area (Å²) in [7, 11) is 1.87. The van der Waals surface area contributed by atoms with E-state index in [2.05, 4.69) is 18.9 Å². The third-order valence-electron chi connectivity index (χ3n) is 3.73. The molecule has 6 nitrogen and oxygen atoms in total. The summed E-state index contributed by atoms with van der Waals surface area (Å²) in [6.07, 6.45) is 2.86. The number of nitrogen functional groups attached to an aromatic ring is 1. The number of nitrogens with zero attached hydrogens (tertiary/aromatic N) is 3. The highest BCUT2D eigenvalue weighted by Gasteiger charge is 2.31. The van der Waals surface area contributed by atoms with E-state index in [1.54, 1.807) is 4.68 Å². The lowest BCUT2D eigenvalue weighted by atomic mass is 10.0. The number of primary amides is 1. The smallest absolute Gasteiger partial charge is 0.240 e. The van der Waals surface area contributed by atoms with E-state index in [9.17, 15) is 4.79 Å². The van der Waals surface area contributed by atoms with Crippen molar-refractivity contribution in [2.24, 2.45) is 12.8 Å². The summed E-state index contributed by atoms with van der Waals surface area (Å²) in [5.41, 5.74) is 13.3. The second-order valence-electron chi connectivity index (χ2n) is 5.51. The Morgan fingerprint density at radius 1 is 1.42 bits per heavy atom. The summed E-state index contributed by atoms with van der Waals surface area (Å²) in [4.78, 5) is 13.6. The summed E-state index contributed by atoms with van der Waals surface area (Å²) < 4.78 is 1.77. The molecule has 106 valence electrons. The van der Waals surface area contributed by atoms with Gasteiger partial charge in [-0.1, -0.05) is 13.8 Å². The molecule has 1 unspecified atom stereocenters. The lowest BCUT2D eigenvalue weighted by Crippen LogP contribution is -2.48. The number of nitrogens with two attached hydrogens (primary N) is 2. The number of hydrogen-bond donors (Lipinski definition) is 2. The maximum Gasteiger partial charge on any atom is 0.240 e. The standard InChI is InChI=1S/C13H23N5O/c1-8(2)11-10(14)13(17(3)16-11)18-7-5-4-6-9(18)12(15)19/h8-9H,4-7,14H2,1-3H3,(H2,15,19). The molecule has 19 heavy (non-hydrogen) atoms. The van der Waals surface area contributed by atoms with Crippen LogP contribution in [0.25, 0.3) is 0 Å². The van der Waals surface area contributed by atoms with Crippen LogP contribution in [0, 0.1) is 0 Å². The third kappa shape index (κ3) is 2.39. The zero-order valence-electron chi connectivity index (χ0n) is 11.9. The molecule has 0 radical (unpaired) electrons. The zero-order chi connectivity index (χ0) is 14.2. The van der Waals surface area contributed by atoms with Gasteiger partial charge in [0.05, 0.1) is 11.4 Å². The molecular formula is C13H23N5O. The first kappa shape index (κ1) is 13.7. The molecule has 0 aliphatic carbocycles. The Kier molecular flexibility index (Phi) is 3.68. The number of piperidine rings is 1. The largest absolute Gasteiger partial charge is 0.394 e. The summed E-state index contributed by atoms with van der Waals surface area (Å²) in [5, 5.41) is 4.48. The van der Waals surface area contributed by atoms with Crippen molar-refractivity contribution in [3.05, 3.63) is 5.69 Å². The zero-order valence-corrected chi connectivity index (χ0v) is 11.9. The Morgan fingerprint density at radius 3 is 2.63 bits per heavy atom. The first-order valence-corrected chi connectivity index (χ1v) is 6.81. The van der Waals surface area contributed by atoms with Crippen molar-refractivity contribution in [3.63, 3.8) is 0 Å². The highest BCUT2D eigenvalue weighted by Crippen LogP contribution is 2.34. The first-order valence-electron chi connectivity index (χ1n) is 6.81. The Morgan fingerprint density at radius 2 is 2.11 bits per heavy atom. The lowest BCUT2D eigenvalue weighted by Gasteiger charge is -2.35. The number of carbonyl (C=O) groups is 1. The van der Waals surface area contributed by atoms with Crippen LogP contribution >= 0.6 is 0 Å². The Bertz CT molecular complexity index is 480. The van der Waals surface area contributed by atoms with Crippen LogP contribution in [0.4, 0.5) is 11.5 Å². The van der Waals surface area contributed by atoms with E-state index in [1.807, 2.05) is 11.9 Å². The topological polar surface area (TPSA) is 90.2 Å². The molecule has 1 aliphatic rings. The van der Waals surface area contributed by atoms with Gasteiger partial charge in [-0.3, -0.25) is 9.48 Å². The molecule has 1 fully saturated rings. The van der Waals surface area contributed by atoms with Gasteiger partial charge in [0.25, 0.3) is 0 Å². The quantitative estimate of drug-likeness (QED) is 0.852. The Labute approximate surface area is 113 Å². The van der Waals surface area contributed by atoms with Gasteiger partial charge in [-0.05, 0) is 25.2 Å². The molecule has 0 saturated carbocycles. The SMILES string of the molecule is CC(C)c1nn(C)c(N2CCCCC2C(N)=O)c1N. The second-order valence-corrected chi connectivity index (χ2v) is 5.51. The summed E-state index contributed by atoms with van der Waals surface area (Å²) >= 11 is 0. The molecular weight excluding hydrogens is 242 g/mol. The minimum absolute atomic E-state index is 0.261. The van der Waals surface area contributed by atoms with Gasteiger partial charge in [0.15, 0.2) is 5.82 Å².